The summed E-state index contributed by atoms with van der Waals surface area (Å²) in [6, 6.07) is 0. The van der Waals surface area contributed by atoms with Crippen LogP contribution in [0, 0.1) is 5.41 Å². The third-order valence-corrected chi connectivity index (χ3v) is 3.81. The summed E-state index contributed by atoms with van der Waals surface area (Å²) in [5.74, 6) is 1.62. The van der Waals surface area contributed by atoms with Gasteiger partial charge in [0.05, 0.1) is 0 Å². The maximum absolute atomic E-state index is 4.52. The van der Waals surface area contributed by atoms with Crippen molar-refractivity contribution in [1.29, 1.82) is 0 Å². The molecule has 0 aliphatic heterocycles. The van der Waals surface area contributed by atoms with Crippen LogP contribution in [0.3, 0.4) is 0 Å². The van der Waals surface area contributed by atoms with Crippen molar-refractivity contribution in [3.63, 3.8) is 0 Å². The molecule has 0 unspecified atom stereocenters. The van der Waals surface area contributed by atoms with Crippen LogP contribution < -0.4 is 5.32 Å². The molecular weight excluding hydrogens is 210 g/mol. The summed E-state index contributed by atoms with van der Waals surface area (Å²) in [7, 11) is 1.94. The summed E-state index contributed by atoms with van der Waals surface area (Å²) in [5, 5.41) is 3.11. The van der Waals surface area contributed by atoms with Crippen molar-refractivity contribution >= 4 is 0 Å². The summed E-state index contributed by atoms with van der Waals surface area (Å²) in [6.45, 7) is 5.57. The molecule has 3 heteroatoms. The molecule has 0 spiro atoms. The van der Waals surface area contributed by atoms with Gasteiger partial charge in [-0.05, 0) is 38.1 Å². The van der Waals surface area contributed by atoms with Crippen molar-refractivity contribution in [3.8, 4) is 0 Å². The van der Waals surface area contributed by atoms with Crippen molar-refractivity contribution < 1.29 is 0 Å². The Kier molecular flexibility index (Phi) is 3.77. The molecule has 0 amide bonds. The van der Waals surface area contributed by atoms with Crippen LogP contribution in [0.2, 0.25) is 0 Å². The van der Waals surface area contributed by atoms with Crippen LogP contribution in [0.25, 0.3) is 0 Å². The van der Waals surface area contributed by atoms with Gasteiger partial charge in [-0.15, -0.1) is 0 Å². The van der Waals surface area contributed by atoms with Gasteiger partial charge in [0.2, 0.25) is 0 Å². The van der Waals surface area contributed by atoms with E-state index in [1.165, 1.54) is 25.7 Å². The summed E-state index contributed by atoms with van der Waals surface area (Å²) in [6.07, 6.45) is 8.96. The Hall–Kier alpha value is -0.960. The summed E-state index contributed by atoms with van der Waals surface area (Å²) >= 11 is 0. The molecule has 0 atom stereocenters. The van der Waals surface area contributed by atoms with Gasteiger partial charge in [0.1, 0.15) is 5.82 Å². The van der Waals surface area contributed by atoms with Crippen molar-refractivity contribution in [3.05, 3.63) is 23.8 Å². The minimum atomic E-state index is 0.516. The molecule has 2 rings (SSSR count). The molecule has 1 aromatic rings. The Labute approximate surface area is 104 Å². The minimum Gasteiger partial charge on any atom is -0.316 e. The van der Waals surface area contributed by atoms with E-state index < -0.39 is 0 Å². The van der Waals surface area contributed by atoms with Gasteiger partial charge >= 0.3 is 0 Å². The van der Waals surface area contributed by atoms with Crippen molar-refractivity contribution in [2.24, 2.45) is 5.41 Å². The standard InChI is InChI=1S/C14H23N3/c1-14(2)6-4-12(5-7-14)13-16-9-11(8-15-3)10-17-13/h9-10,12,15H,4-8H2,1-3H3. The van der Waals surface area contributed by atoms with E-state index in [0.29, 0.717) is 11.3 Å². The van der Waals surface area contributed by atoms with Crippen LogP contribution in [0.4, 0.5) is 0 Å². The molecule has 17 heavy (non-hydrogen) atoms. The molecule has 1 fully saturated rings. The monoisotopic (exact) mass is 233 g/mol. The zero-order valence-corrected chi connectivity index (χ0v) is 11.2. The maximum atomic E-state index is 4.52. The van der Waals surface area contributed by atoms with Crippen molar-refractivity contribution in [2.45, 2.75) is 52.0 Å². The zero-order valence-electron chi connectivity index (χ0n) is 11.2. The lowest BCUT2D eigenvalue weighted by Crippen LogP contribution is -2.21. The van der Waals surface area contributed by atoms with Gasteiger partial charge in [-0.25, -0.2) is 9.97 Å². The fraction of sp³-hybridized carbons (Fsp3) is 0.714. The van der Waals surface area contributed by atoms with Crippen LogP contribution in [0.15, 0.2) is 12.4 Å². The Balaban J connectivity index is 1.99. The average Bonchev–Trinajstić information content (AvgIpc) is 2.31. The van der Waals surface area contributed by atoms with Gasteiger partial charge in [-0.2, -0.15) is 0 Å². The first kappa shape index (κ1) is 12.5. The fourth-order valence-corrected chi connectivity index (χ4v) is 2.53. The van der Waals surface area contributed by atoms with E-state index in [1.54, 1.807) is 0 Å². The molecule has 0 aromatic carbocycles. The maximum Gasteiger partial charge on any atom is 0.131 e. The highest BCUT2D eigenvalue weighted by Crippen LogP contribution is 2.41. The van der Waals surface area contributed by atoms with E-state index in [9.17, 15) is 0 Å². The molecule has 1 saturated carbocycles. The summed E-state index contributed by atoms with van der Waals surface area (Å²) < 4.78 is 0. The van der Waals surface area contributed by atoms with Crippen LogP contribution in [0.1, 0.15) is 56.8 Å². The highest BCUT2D eigenvalue weighted by molar-refractivity contribution is 5.08. The zero-order chi connectivity index (χ0) is 12.3. The second-order valence-electron chi connectivity index (χ2n) is 5.92. The Morgan fingerprint density at radius 2 is 1.82 bits per heavy atom. The predicted molar refractivity (Wildman–Crippen MR) is 69.8 cm³/mol. The molecule has 1 aromatic heterocycles. The molecule has 1 heterocycles. The molecule has 1 aliphatic carbocycles. The predicted octanol–water partition coefficient (Wildman–Crippen LogP) is 2.88. The smallest absolute Gasteiger partial charge is 0.131 e. The van der Waals surface area contributed by atoms with Gasteiger partial charge in [0.25, 0.3) is 0 Å². The number of nitrogens with zero attached hydrogens (tertiary/aromatic N) is 2. The van der Waals surface area contributed by atoms with Crippen molar-refractivity contribution in [1.82, 2.24) is 15.3 Å². The first-order valence-electron chi connectivity index (χ1n) is 6.56. The van der Waals surface area contributed by atoms with E-state index in [2.05, 4.69) is 29.1 Å². The Bertz CT molecular complexity index is 346. The van der Waals surface area contributed by atoms with Gasteiger partial charge in [0.15, 0.2) is 0 Å². The molecule has 0 radical (unpaired) electrons. The lowest BCUT2D eigenvalue weighted by molar-refractivity contribution is 0.220. The Morgan fingerprint density at radius 1 is 1.24 bits per heavy atom. The quantitative estimate of drug-likeness (QED) is 0.872. The minimum absolute atomic E-state index is 0.516. The molecule has 1 aliphatic rings. The molecule has 0 saturated heterocycles. The first-order chi connectivity index (χ1) is 8.11. The van der Waals surface area contributed by atoms with E-state index in [-0.39, 0.29) is 0 Å². The van der Waals surface area contributed by atoms with E-state index in [1.807, 2.05) is 19.4 Å². The lowest BCUT2D eigenvalue weighted by Gasteiger charge is -2.33. The first-order valence-corrected chi connectivity index (χ1v) is 6.56. The summed E-state index contributed by atoms with van der Waals surface area (Å²) in [5.41, 5.74) is 1.68. The molecule has 3 nitrogen and oxygen atoms in total. The van der Waals surface area contributed by atoms with Crippen molar-refractivity contribution in [2.75, 3.05) is 7.05 Å². The number of rotatable bonds is 3. The Morgan fingerprint density at radius 3 is 2.35 bits per heavy atom. The SMILES string of the molecule is CNCc1cnc(C2CCC(C)(C)CC2)nc1. The average molecular weight is 233 g/mol. The number of hydrogen-bond donors (Lipinski definition) is 1. The van der Waals surface area contributed by atoms with E-state index >= 15 is 0 Å². The van der Waals surface area contributed by atoms with E-state index in [4.69, 9.17) is 0 Å². The van der Waals surface area contributed by atoms with Gasteiger partial charge in [-0.1, -0.05) is 13.8 Å². The topological polar surface area (TPSA) is 37.8 Å². The number of aromatic nitrogens is 2. The third-order valence-electron chi connectivity index (χ3n) is 3.81. The van der Waals surface area contributed by atoms with Crippen LogP contribution in [0.5, 0.6) is 0 Å². The second kappa shape index (κ2) is 5.13. The summed E-state index contributed by atoms with van der Waals surface area (Å²) in [4.78, 5) is 9.04. The third kappa shape index (κ3) is 3.25. The molecular formula is C14H23N3. The highest BCUT2D eigenvalue weighted by Gasteiger charge is 2.28. The van der Waals surface area contributed by atoms with Gasteiger partial charge < -0.3 is 5.32 Å². The molecule has 1 N–H and O–H groups in total. The normalized spacial score (nSPS) is 20.4. The lowest BCUT2D eigenvalue weighted by atomic mass is 9.73. The van der Waals surface area contributed by atoms with Gasteiger partial charge in [0, 0.05) is 30.4 Å². The number of nitrogens with one attached hydrogen (secondary N) is 1. The highest BCUT2D eigenvalue weighted by atomic mass is 14.9. The van der Waals surface area contributed by atoms with Crippen LogP contribution >= 0.6 is 0 Å². The molecule has 94 valence electrons. The van der Waals surface area contributed by atoms with E-state index in [0.717, 1.165) is 17.9 Å². The van der Waals surface area contributed by atoms with Crippen LogP contribution in [-0.4, -0.2) is 17.0 Å². The van der Waals surface area contributed by atoms with Crippen LogP contribution in [-0.2, 0) is 6.54 Å². The molecule has 0 bridgehead atoms. The number of hydrogen-bond acceptors (Lipinski definition) is 3. The second-order valence-corrected chi connectivity index (χ2v) is 5.92. The van der Waals surface area contributed by atoms with Gasteiger partial charge in [-0.3, -0.25) is 0 Å². The fourth-order valence-electron chi connectivity index (χ4n) is 2.53. The largest absolute Gasteiger partial charge is 0.316 e.